The molecule has 3 aromatic rings. The van der Waals surface area contributed by atoms with Crippen LogP contribution in [0.1, 0.15) is 5.56 Å². The highest BCUT2D eigenvalue weighted by atomic mass is 16.5. The van der Waals surface area contributed by atoms with Gasteiger partial charge in [0, 0.05) is 7.11 Å². The maximum Gasteiger partial charge on any atom is 0.0719 e. The summed E-state index contributed by atoms with van der Waals surface area (Å²) in [5, 5.41) is 5.17. The first-order valence-electron chi connectivity index (χ1n) is 5.78. The van der Waals surface area contributed by atoms with E-state index >= 15 is 0 Å². The SMILES string of the molecule is COCc1cc2ccccc2c2ccccc12. The van der Waals surface area contributed by atoms with Gasteiger partial charge in [-0.15, -0.1) is 0 Å². The summed E-state index contributed by atoms with van der Waals surface area (Å²) >= 11 is 0. The molecule has 0 amide bonds. The van der Waals surface area contributed by atoms with Crippen molar-refractivity contribution in [2.45, 2.75) is 6.61 Å². The van der Waals surface area contributed by atoms with Crippen LogP contribution in [0.5, 0.6) is 0 Å². The van der Waals surface area contributed by atoms with E-state index in [1.54, 1.807) is 7.11 Å². The van der Waals surface area contributed by atoms with Crippen LogP contribution in [-0.4, -0.2) is 7.11 Å². The van der Waals surface area contributed by atoms with Crippen LogP contribution in [0.2, 0.25) is 0 Å². The molecule has 0 saturated carbocycles. The second kappa shape index (κ2) is 4.19. The van der Waals surface area contributed by atoms with Crippen molar-refractivity contribution >= 4 is 21.5 Å². The summed E-state index contributed by atoms with van der Waals surface area (Å²) in [6.45, 7) is 0.658. The molecule has 0 atom stereocenters. The Morgan fingerprint density at radius 3 is 2.24 bits per heavy atom. The van der Waals surface area contributed by atoms with Crippen LogP contribution in [0.3, 0.4) is 0 Å². The van der Waals surface area contributed by atoms with Crippen LogP contribution in [0.4, 0.5) is 0 Å². The number of rotatable bonds is 2. The van der Waals surface area contributed by atoms with Crippen molar-refractivity contribution in [2.24, 2.45) is 0 Å². The van der Waals surface area contributed by atoms with Crippen molar-refractivity contribution in [3.63, 3.8) is 0 Å². The van der Waals surface area contributed by atoms with E-state index in [4.69, 9.17) is 4.74 Å². The molecular formula is C16H14O. The Bertz CT molecular complexity index is 670. The standard InChI is InChI=1S/C16H14O/c1-17-11-13-10-12-6-2-3-7-14(12)16-9-5-4-8-15(13)16/h2-10H,11H2,1H3. The van der Waals surface area contributed by atoms with Crippen molar-refractivity contribution in [1.29, 1.82) is 0 Å². The van der Waals surface area contributed by atoms with Crippen molar-refractivity contribution in [2.75, 3.05) is 7.11 Å². The highest BCUT2D eigenvalue weighted by Gasteiger charge is 2.05. The third kappa shape index (κ3) is 1.69. The summed E-state index contributed by atoms with van der Waals surface area (Å²) in [6, 6.07) is 19.2. The van der Waals surface area contributed by atoms with E-state index < -0.39 is 0 Å². The smallest absolute Gasteiger partial charge is 0.0719 e. The zero-order valence-corrected chi connectivity index (χ0v) is 9.81. The number of ether oxygens (including phenoxy) is 1. The molecule has 0 aliphatic carbocycles. The van der Waals surface area contributed by atoms with Crippen LogP contribution in [0.15, 0.2) is 54.6 Å². The number of benzene rings is 3. The molecule has 0 N–H and O–H groups in total. The molecule has 0 unspecified atom stereocenters. The minimum atomic E-state index is 0.658. The fourth-order valence-corrected chi connectivity index (χ4v) is 2.41. The second-order valence-electron chi connectivity index (χ2n) is 4.24. The van der Waals surface area contributed by atoms with Gasteiger partial charge in [0.1, 0.15) is 0 Å². The van der Waals surface area contributed by atoms with Gasteiger partial charge in [0.25, 0.3) is 0 Å². The average molecular weight is 222 g/mol. The largest absolute Gasteiger partial charge is 0.380 e. The molecule has 0 aliphatic rings. The van der Waals surface area contributed by atoms with Gasteiger partial charge in [0.05, 0.1) is 6.61 Å². The first-order chi connectivity index (χ1) is 8.40. The molecule has 0 aromatic heterocycles. The third-order valence-electron chi connectivity index (χ3n) is 3.15. The number of methoxy groups -OCH3 is 1. The molecule has 0 saturated heterocycles. The summed E-state index contributed by atoms with van der Waals surface area (Å²) in [5.74, 6) is 0. The highest BCUT2D eigenvalue weighted by molar-refractivity contribution is 6.08. The Labute approximate surface area is 101 Å². The van der Waals surface area contributed by atoms with Crippen LogP contribution in [0.25, 0.3) is 21.5 Å². The summed E-state index contributed by atoms with van der Waals surface area (Å²) in [4.78, 5) is 0. The lowest BCUT2D eigenvalue weighted by molar-refractivity contribution is 0.186. The van der Waals surface area contributed by atoms with Crippen molar-refractivity contribution in [3.05, 3.63) is 60.2 Å². The van der Waals surface area contributed by atoms with Crippen molar-refractivity contribution < 1.29 is 4.74 Å². The first kappa shape index (κ1) is 10.3. The fourth-order valence-electron chi connectivity index (χ4n) is 2.41. The minimum Gasteiger partial charge on any atom is -0.380 e. The molecule has 0 heterocycles. The zero-order chi connectivity index (χ0) is 11.7. The molecule has 0 radical (unpaired) electrons. The predicted octanol–water partition coefficient (Wildman–Crippen LogP) is 4.14. The van der Waals surface area contributed by atoms with Crippen LogP contribution < -0.4 is 0 Å². The molecule has 0 fully saturated rings. The van der Waals surface area contributed by atoms with Gasteiger partial charge in [-0.1, -0.05) is 48.5 Å². The number of hydrogen-bond donors (Lipinski definition) is 0. The lowest BCUT2D eigenvalue weighted by Gasteiger charge is -2.09. The Hall–Kier alpha value is -1.86. The van der Waals surface area contributed by atoms with E-state index in [0.29, 0.717) is 6.61 Å². The summed E-state index contributed by atoms with van der Waals surface area (Å²) in [7, 11) is 1.74. The lowest BCUT2D eigenvalue weighted by atomic mass is 9.98. The van der Waals surface area contributed by atoms with E-state index in [1.165, 1.54) is 27.1 Å². The molecule has 3 aromatic carbocycles. The molecule has 0 aliphatic heterocycles. The van der Waals surface area contributed by atoms with Crippen LogP contribution in [-0.2, 0) is 11.3 Å². The van der Waals surface area contributed by atoms with Gasteiger partial charge in [-0.05, 0) is 33.2 Å². The molecule has 0 bridgehead atoms. The summed E-state index contributed by atoms with van der Waals surface area (Å²) < 4.78 is 5.28. The third-order valence-corrected chi connectivity index (χ3v) is 3.15. The van der Waals surface area contributed by atoms with Gasteiger partial charge in [-0.2, -0.15) is 0 Å². The van der Waals surface area contributed by atoms with Gasteiger partial charge < -0.3 is 4.74 Å². The van der Waals surface area contributed by atoms with Gasteiger partial charge in [-0.25, -0.2) is 0 Å². The quantitative estimate of drug-likeness (QED) is 0.592. The molecule has 84 valence electrons. The molecule has 0 spiro atoms. The summed E-state index contributed by atoms with van der Waals surface area (Å²) in [5.41, 5.74) is 1.25. The molecule has 17 heavy (non-hydrogen) atoms. The molecule has 3 rings (SSSR count). The van der Waals surface area contributed by atoms with E-state index in [-0.39, 0.29) is 0 Å². The van der Waals surface area contributed by atoms with Crippen LogP contribution in [0, 0.1) is 0 Å². The molecule has 1 nitrogen and oxygen atoms in total. The van der Waals surface area contributed by atoms with E-state index in [2.05, 4.69) is 54.6 Å². The monoisotopic (exact) mass is 222 g/mol. The van der Waals surface area contributed by atoms with Gasteiger partial charge in [0.2, 0.25) is 0 Å². The molecule has 1 heteroatoms. The van der Waals surface area contributed by atoms with Crippen LogP contribution >= 0.6 is 0 Å². The highest BCUT2D eigenvalue weighted by Crippen LogP contribution is 2.28. The van der Waals surface area contributed by atoms with Gasteiger partial charge >= 0.3 is 0 Å². The van der Waals surface area contributed by atoms with E-state index in [1.807, 2.05) is 0 Å². The second-order valence-corrected chi connectivity index (χ2v) is 4.24. The van der Waals surface area contributed by atoms with E-state index in [9.17, 15) is 0 Å². The van der Waals surface area contributed by atoms with Gasteiger partial charge in [0.15, 0.2) is 0 Å². The van der Waals surface area contributed by atoms with Gasteiger partial charge in [-0.3, -0.25) is 0 Å². The predicted molar refractivity (Wildman–Crippen MR) is 72.2 cm³/mol. The normalized spacial score (nSPS) is 11.1. The van der Waals surface area contributed by atoms with Crippen molar-refractivity contribution in [3.8, 4) is 0 Å². The zero-order valence-electron chi connectivity index (χ0n) is 9.81. The Morgan fingerprint density at radius 1 is 0.824 bits per heavy atom. The maximum absolute atomic E-state index is 5.28. The first-order valence-corrected chi connectivity index (χ1v) is 5.78. The lowest BCUT2D eigenvalue weighted by Crippen LogP contribution is -1.90. The van der Waals surface area contributed by atoms with Crippen molar-refractivity contribution in [1.82, 2.24) is 0 Å². The maximum atomic E-state index is 5.28. The number of fused-ring (bicyclic) bond motifs is 3. The number of hydrogen-bond acceptors (Lipinski definition) is 1. The van der Waals surface area contributed by atoms with E-state index in [0.717, 1.165) is 0 Å². The topological polar surface area (TPSA) is 9.23 Å². The minimum absolute atomic E-state index is 0.658. The Balaban J connectivity index is 2.45. The average Bonchev–Trinajstić information content (AvgIpc) is 2.39. The fraction of sp³-hybridized carbons (Fsp3) is 0.125. The summed E-state index contributed by atoms with van der Waals surface area (Å²) in [6.07, 6.45) is 0. The molecular weight excluding hydrogens is 208 g/mol. The Morgan fingerprint density at radius 2 is 1.47 bits per heavy atom. The Kier molecular flexibility index (Phi) is 2.54.